The molecule has 0 bridgehead atoms. The molecule has 0 saturated carbocycles. The van der Waals surface area contributed by atoms with Crippen molar-refractivity contribution in [1.82, 2.24) is 0 Å². The number of hydrogen-bond donors (Lipinski definition) is 3. The number of phenolic OH excluding ortho intramolecular Hbond substituents is 1. The normalized spacial score (nSPS) is 11.7. The van der Waals surface area contributed by atoms with Crippen molar-refractivity contribution < 1.29 is 27.6 Å². The minimum absolute atomic E-state index is 0.0347. The number of aromatic hydroxyl groups is 1. The van der Waals surface area contributed by atoms with Crippen molar-refractivity contribution in [2.75, 3.05) is 12.4 Å². The first-order chi connectivity index (χ1) is 17.6. The number of phenols is 1. The lowest BCUT2D eigenvalue weighted by Crippen LogP contribution is -2.13. The Labute approximate surface area is 218 Å². The van der Waals surface area contributed by atoms with Crippen molar-refractivity contribution in [3.8, 4) is 11.5 Å². The van der Waals surface area contributed by atoms with Crippen molar-refractivity contribution in [2.24, 2.45) is 10.2 Å². The smallest absolute Gasteiger partial charge is 0.296 e. The summed E-state index contributed by atoms with van der Waals surface area (Å²) in [6, 6.07) is 18.1. The molecule has 0 aliphatic rings. The van der Waals surface area contributed by atoms with E-state index in [1.54, 1.807) is 61.5 Å². The molecular formula is C26H22ClN3O6S. The van der Waals surface area contributed by atoms with Gasteiger partial charge in [-0.15, -0.1) is 5.11 Å². The lowest BCUT2D eigenvalue weighted by atomic mass is 10.0. The molecule has 0 heterocycles. The average molecular weight is 540 g/mol. The Kier molecular flexibility index (Phi) is 7.44. The second-order valence-electron chi connectivity index (χ2n) is 7.94. The number of azo groups is 1. The van der Waals surface area contributed by atoms with Gasteiger partial charge in [-0.25, -0.2) is 0 Å². The maximum Gasteiger partial charge on any atom is 0.296 e. The van der Waals surface area contributed by atoms with E-state index in [-0.39, 0.29) is 38.8 Å². The van der Waals surface area contributed by atoms with Gasteiger partial charge >= 0.3 is 0 Å². The highest BCUT2D eigenvalue weighted by atomic mass is 35.5. The highest BCUT2D eigenvalue weighted by Crippen LogP contribution is 2.40. The van der Waals surface area contributed by atoms with Crippen LogP contribution in [0.2, 0.25) is 5.02 Å². The fourth-order valence-corrected chi connectivity index (χ4v) is 5.25. The first-order valence-electron chi connectivity index (χ1n) is 11.0. The van der Waals surface area contributed by atoms with Gasteiger partial charge in [-0.1, -0.05) is 54.9 Å². The van der Waals surface area contributed by atoms with Crippen molar-refractivity contribution in [2.45, 2.75) is 18.2 Å². The Bertz CT molecular complexity index is 1650. The van der Waals surface area contributed by atoms with E-state index in [9.17, 15) is 22.9 Å². The van der Waals surface area contributed by atoms with Crippen LogP contribution in [0.5, 0.6) is 11.5 Å². The van der Waals surface area contributed by atoms with Crippen LogP contribution in [0, 0.1) is 0 Å². The summed E-state index contributed by atoms with van der Waals surface area (Å²) in [5.41, 5.74) is 0.875. The molecule has 37 heavy (non-hydrogen) atoms. The van der Waals surface area contributed by atoms with Crippen LogP contribution >= 0.6 is 11.6 Å². The fourth-order valence-electron chi connectivity index (χ4n) is 3.88. The summed E-state index contributed by atoms with van der Waals surface area (Å²) in [6.07, 6.45) is 0.255. The average Bonchev–Trinajstić information content (AvgIpc) is 2.86. The lowest BCUT2D eigenvalue weighted by molar-refractivity contribution is 0.102. The van der Waals surface area contributed by atoms with E-state index in [1.165, 1.54) is 19.2 Å². The SMILES string of the molecule is CCc1cc(N=Nc2c(O)c(C(=O)Nc3ccccc3OC)cc3ccccc23)cc(Cl)c1S(=O)(=O)O. The molecule has 4 rings (SSSR count). The predicted octanol–water partition coefficient (Wildman–Crippen LogP) is 6.68. The molecule has 4 aromatic rings. The molecular weight excluding hydrogens is 518 g/mol. The van der Waals surface area contributed by atoms with E-state index in [2.05, 4.69) is 15.5 Å². The topological polar surface area (TPSA) is 138 Å². The number of nitrogens with one attached hydrogen (secondary N) is 1. The summed E-state index contributed by atoms with van der Waals surface area (Å²) >= 11 is 6.12. The predicted molar refractivity (Wildman–Crippen MR) is 141 cm³/mol. The summed E-state index contributed by atoms with van der Waals surface area (Å²) in [5.74, 6) is -0.530. The largest absolute Gasteiger partial charge is 0.505 e. The van der Waals surface area contributed by atoms with E-state index in [0.717, 1.165) is 0 Å². The van der Waals surface area contributed by atoms with Crippen LogP contribution in [0.25, 0.3) is 10.8 Å². The third-order valence-electron chi connectivity index (χ3n) is 5.60. The summed E-state index contributed by atoms with van der Waals surface area (Å²) < 4.78 is 38.2. The first-order valence-corrected chi connectivity index (χ1v) is 12.9. The van der Waals surface area contributed by atoms with Crippen LogP contribution in [0.1, 0.15) is 22.8 Å². The number of ether oxygens (including phenoxy) is 1. The molecule has 1 amide bonds. The molecule has 0 aromatic heterocycles. The third kappa shape index (κ3) is 5.41. The number of amides is 1. The van der Waals surface area contributed by atoms with Gasteiger partial charge in [0.15, 0.2) is 5.75 Å². The number of carbonyl (C=O) groups excluding carboxylic acids is 1. The Morgan fingerprint density at radius 2 is 1.76 bits per heavy atom. The molecule has 0 atom stereocenters. The number of anilines is 1. The van der Waals surface area contributed by atoms with Gasteiger partial charge in [-0.05, 0) is 47.7 Å². The Balaban J connectivity index is 1.80. The highest BCUT2D eigenvalue weighted by molar-refractivity contribution is 7.86. The van der Waals surface area contributed by atoms with E-state index in [0.29, 0.717) is 22.2 Å². The van der Waals surface area contributed by atoms with Crippen LogP contribution in [0.4, 0.5) is 17.1 Å². The number of rotatable bonds is 7. The van der Waals surface area contributed by atoms with Gasteiger partial charge in [0.2, 0.25) is 0 Å². The lowest BCUT2D eigenvalue weighted by Gasteiger charge is -2.13. The molecule has 0 aliphatic carbocycles. The van der Waals surface area contributed by atoms with Gasteiger partial charge in [0, 0.05) is 5.39 Å². The van der Waals surface area contributed by atoms with E-state index in [1.807, 2.05) is 0 Å². The van der Waals surface area contributed by atoms with Gasteiger partial charge in [0.25, 0.3) is 16.0 Å². The number of carbonyl (C=O) groups is 1. The van der Waals surface area contributed by atoms with Crippen LogP contribution in [-0.4, -0.2) is 31.1 Å². The zero-order valence-corrected chi connectivity index (χ0v) is 21.3. The molecule has 0 fully saturated rings. The molecule has 0 unspecified atom stereocenters. The van der Waals surface area contributed by atoms with Crippen molar-refractivity contribution in [3.05, 3.63) is 82.9 Å². The molecule has 9 nitrogen and oxygen atoms in total. The van der Waals surface area contributed by atoms with Crippen LogP contribution in [0.15, 0.2) is 81.9 Å². The van der Waals surface area contributed by atoms with Crippen LogP contribution < -0.4 is 10.1 Å². The molecule has 190 valence electrons. The number of hydrogen-bond acceptors (Lipinski definition) is 7. The summed E-state index contributed by atoms with van der Waals surface area (Å²) in [6.45, 7) is 1.70. The third-order valence-corrected chi connectivity index (χ3v) is 7.01. The minimum atomic E-state index is -4.54. The Morgan fingerprint density at radius 3 is 2.46 bits per heavy atom. The number of para-hydroxylation sites is 2. The summed E-state index contributed by atoms with van der Waals surface area (Å²) in [4.78, 5) is 12.7. The van der Waals surface area contributed by atoms with E-state index >= 15 is 0 Å². The highest BCUT2D eigenvalue weighted by Gasteiger charge is 2.21. The molecule has 0 aliphatic heterocycles. The van der Waals surface area contributed by atoms with Gasteiger partial charge in [-0.3, -0.25) is 9.35 Å². The fraction of sp³-hybridized carbons (Fsp3) is 0.115. The molecule has 0 radical (unpaired) electrons. The zero-order chi connectivity index (χ0) is 26.7. The monoisotopic (exact) mass is 539 g/mol. The van der Waals surface area contributed by atoms with Crippen LogP contribution in [0.3, 0.4) is 0 Å². The second kappa shape index (κ2) is 10.6. The number of nitrogens with zero attached hydrogens (tertiary/aromatic N) is 2. The quantitative estimate of drug-likeness (QED) is 0.177. The molecule has 0 spiro atoms. The van der Waals surface area contributed by atoms with Gasteiger partial charge < -0.3 is 15.2 Å². The number of fused-ring (bicyclic) bond motifs is 1. The van der Waals surface area contributed by atoms with Crippen molar-refractivity contribution in [1.29, 1.82) is 0 Å². The maximum atomic E-state index is 13.1. The van der Waals surface area contributed by atoms with Gasteiger partial charge in [0.05, 0.1) is 29.1 Å². The first kappa shape index (κ1) is 26.1. The Hall–Kier alpha value is -3.99. The van der Waals surface area contributed by atoms with E-state index in [4.69, 9.17) is 16.3 Å². The number of methoxy groups -OCH3 is 1. The molecule has 11 heteroatoms. The minimum Gasteiger partial charge on any atom is -0.505 e. The number of benzene rings is 4. The number of aryl methyl sites for hydroxylation is 1. The molecule has 0 saturated heterocycles. The van der Waals surface area contributed by atoms with Gasteiger partial charge in [-0.2, -0.15) is 13.5 Å². The van der Waals surface area contributed by atoms with E-state index < -0.39 is 21.8 Å². The summed E-state index contributed by atoms with van der Waals surface area (Å²) in [5, 5.41) is 23.1. The molecule has 3 N–H and O–H groups in total. The number of halogens is 1. The van der Waals surface area contributed by atoms with Crippen molar-refractivity contribution >= 4 is 55.5 Å². The Morgan fingerprint density at radius 1 is 1.05 bits per heavy atom. The maximum absolute atomic E-state index is 13.1. The van der Waals surface area contributed by atoms with Gasteiger partial charge in [0.1, 0.15) is 16.3 Å². The summed E-state index contributed by atoms with van der Waals surface area (Å²) in [7, 11) is -3.06. The molecule has 4 aromatic carbocycles. The standard InChI is InChI=1S/C26H22ClN3O6S/c1-3-15-12-17(14-20(27)25(15)37(33,34)35)29-30-23-18-9-5-4-8-16(18)13-19(24(23)31)26(32)28-21-10-6-7-11-22(21)36-2/h4-14,31H,3H2,1-2H3,(H,28,32)(H,33,34,35). The van der Waals surface area contributed by atoms with Crippen molar-refractivity contribution in [3.63, 3.8) is 0 Å². The van der Waals surface area contributed by atoms with Crippen LogP contribution in [-0.2, 0) is 16.5 Å². The zero-order valence-electron chi connectivity index (χ0n) is 19.8. The second-order valence-corrected chi connectivity index (χ2v) is 9.71.